The monoisotopic (exact) mass is 405 g/mol. The highest BCUT2D eigenvalue weighted by molar-refractivity contribution is 9.11. The van der Waals surface area contributed by atoms with Gasteiger partial charge in [0.15, 0.2) is 0 Å². The van der Waals surface area contributed by atoms with Crippen molar-refractivity contribution in [1.82, 2.24) is 10.3 Å². The van der Waals surface area contributed by atoms with Crippen molar-refractivity contribution in [2.24, 2.45) is 0 Å². The maximum atomic E-state index is 5.07. The maximum Gasteiger partial charge on any atom is 0.143 e. The third-order valence-electron chi connectivity index (χ3n) is 3.55. The lowest BCUT2D eigenvalue weighted by Gasteiger charge is -2.37. The van der Waals surface area contributed by atoms with E-state index in [9.17, 15) is 0 Å². The van der Waals surface area contributed by atoms with Crippen LogP contribution in [0.15, 0.2) is 21.2 Å². The topological polar surface area (TPSA) is 37.4 Å². The molecule has 0 saturated carbocycles. The minimum atomic E-state index is 0.505. The van der Waals surface area contributed by atoms with Gasteiger partial charge in [-0.15, -0.1) is 0 Å². The zero-order valence-corrected chi connectivity index (χ0v) is 14.9. The molecule has 1 saturated heterocycles. The molecule has 2 heterocycles. The van der Waals surface area contributed by atoms with Gasteiger partial charge in [-0.05, 0) is 57.2 Å². The first kappa shape index (κ1) is 16.2. The van der Waals surface area contributed by atoms with E-state index in [1.54, 1.807) is 7.11 Å². The van der Waals surface area contributed by atoms with Crippen LogP contribution in [0.25, 0.3) is 0 Å². The third kappa shape index (κ3) is 4.41. The number of ether oxygens (including phenoxy) is 1. The summed E-state index contributed by atoms with van der Waals surface area (Å²) in [5.41, 5.74) is 0. The van der Waals surface area contributed by atoms with Crippen LogP contribution < -0.4 is 10.2 Å². The molecular weight excluding hydrogens is 386 g/mol. The zero-order valence-electron chi connectivity index (χ0n) is 11.7. The van der Waals surface area contributed by atoms with Crippen molar-refractivity contribution in [3.63, 3.8) is 0 Å². The first-order valence-electron chi connectivity index (χ1n) is 6.99. The largest absolute Gasteiger partial charge is 0.383 e. The molecule has 1 aromatic heterocycles. The number of aromatic nitrogens is 1. The van der Waals surface area contributed by atoms with E-state index < -0.39 is 0 Å². The summed E-state index contributed by atoms with van der Waals surface area (Å²) in [7, 11) is 1.73. The zero-order chi connectivity index (χ0) is 14.4. The van der Waals surface area contributed by atoms with Crippen molar-refractivity contribution in [2.75, 3.05) is 38.3 Å². The molecule has 1 fully saturated rings. The molecule has 6 heteroatoms. The van der Waals surface area contributed by atoms with Crippen LogP contribution >= 0.6 is 31.9 Å². The summed E-state index contributed by atoms with van der Waals surface area (Å²) < 4.78 is 7.13. The van der Waals surface area contributed by atoms with Crippen molar-refractivity contribution in [3.8, 4) is 0 Å². The third-order valence-corrected chi connectivity index (χ3v) is 4.57. The summed E-state index contributed by atoms with van der Waals surface area (Å²) in [6, 6.07) is 2.57. The molecule has 0 radical (unpaired) electrons. The van der Waals surface area contributed by atoms with Gasteiger partial charge in [-0.1, -0.05) is 0 Å². The number of anilines is 1. The standard InChI is InChI=1S/C14H21Br2N3O/c1-20-7-5-17-10-12-4-2-3-6-19(12)14-13(16)8-11(15)9-18-14/h8-9,12,17H,2-7,10H2,1H3. The summed E-state index contributed by atoms with van der Waals surface area (Å²) in [4.78, 5) is 6.99. The van der Waals surface area contributed by atoms with Crippen molar-refractivity contribution in [3.05, 3.63) is 21.2 Å². The van der Waals surface area contributed by atoms with Gasteiger partial charge in [-0.25, -0.2) is 4.98 Å². The van der Waals surface area contributed by atoms with E-state index >= 15 is 0 Å². The van der Waals surface area contributed by atoms with Gasteiger partial charge in [-0.2, -0.15) is 0 Å². The number of methoxy groups -OCH3 is 1. The van der Waals surface area contributed by atoms with Crippen LogP contribution in [0.4, 0.5) is 5.82 Å². The molecule has 0 aliphatic carbocycles. The highest BCUT2D eigenvalue weighted by atomic mass is 79.9. The Kier molecular flexibility index (Phi) is 6.74. The molecule has 1 N–H and O–H groups in total. The minimum absolute atomic E-state index is 0.505. The van der Waals surface area contributed by atoms with Crippen LogP contribution in [0.1, 0.15) is 19.3 Å². The second kappa shape index (κ2) is 8.32. The maximum absolute atomic E-state index is 5.07. The lowest BCUT2D eigenvalue weighted by molar-refractivity contribution is 0.198. The summed E-state index contributed by atoms with van der Waals surface area (Å²) in [5, 5.41) is 3.47. The van der Waals surface area contributed by atoms with E-state index in [-0.39, 0.29) is 0 Å². The van der Waals surface area contributed by atoms with Gasteiger partial charge < -0.3 is 15.0 Å². The van der Waals surface area contributed by atoms with Crippen molar-refractivity contribution in [2.45, 2.75) is 25.3 Å². The first-order valence-corrected chi connectivity index (χ1v) is 8.58. The minimum Gasteiger partial charge on any atom is -0.383 e. The molecule has 1 aliphatic heterocycles. The lowest BCUT2D eigenvalue weighted by atomic mass is 10.0. The second-order valence-electron chi connectivity index (χ2n) is 5.00. The van der Waals surface area contributed by atoms with Crippen molar-refractivity contribution < 1.29 is 4.74 Å². The number of nitrogens with one attached hydrogen (secondary N) is 1. The van der Waals surface area contributed by atoms with E-state index in [1.165, 1.54) is 19.3 Å². The second-order valence-corrected chi connectivity index (χ2v) is 6.77. The molecule has 1 aromatic rings. The number of rotatable bonds is 6. The predicted molar refractivity (Wildman–Crippen MR) is 89.4 cm³/mol. The highest BCUT2D eigenvalue weighted by Gasteiger charge is 2.24. The molecule has 20 heavy (non-hydrogen) atoms. The fraction of sp³-hybridized carbons (Fsp3) is 0.643. The Bertz CT molecular complexity index is 431. The average molecular weight is 407 g/mol. The summed E-state index contributed by atoms with van der Waals surface area (Å²) in [6.07, 6.45) is 5.61. The first-order chi connectivity index (χ1) is 9.72. The Morgan fingerprint density at radius 2 is 2.30 bits per heavy atom. The Balaban J connectivity index is 2.02. The average Bonchev–Trinajstić information content (AvgIpc) is 2.44. The fourth-order valence-electron chi connectivity index (χ4n) is 2.55. The Morgan fingerprint density at radius 3 is 3.05 bits per heavy atom. The fourth-order valence-corrected chi connectivity index (χ4v) is 3.77. The summed E-state index contributed by atoms with van der Waals surface area (Å²) in [5.74, 6) is 1.05. The molecule has 112 valence electrons. The van der Waals surface area contributed by atoms with Crippen LogP contribution in [0.3, 0.4) is 0 Å². The quantitative estimate of drug-likeness (QED) is 0.736. The van der Waals surface area contributed by atoms with Gasteiger partial charge in [0.05, 0.1) is 11.1 Å². The number of hydrogen-bond donors (Lipinski definition) is 1. The molecule has 0 spiro atoms. The highest BCUT2D eigenvalue weighted by Crippen LogP contribution is 2.31. The number of halogens is 2. The van der Waals surface area contributed by atoms with Crippen LogP contribution in [0, 0.1) is 0 Å². The van der Waals surface area contributed by atoms with E-state index in [2.05, 4.69) is 53.1 Å². The summed E-state index contributed by atoms with van der Waals surface area (Å²) in [6.45, 7) is 3.71. The Hall–Kier alpha value is -0.170. The Labute approximate surface area is 137 Å². The molecule has 0 aromatic carbocycles. The number of nitrogens with zero attached hydrogens (tertiary/aromatic N) is 2. The SMILES string of the molecule is COCCNCC1CCCCN1c1ncc(Br)cc1Br. The molecule has 1 unspecified atom stereocenters. The van der Waals surface area contributed by atoms with Crippen molar-refractivity contribution in [1.29, 1.82) is 0 Å². The molecule has 1 aliphatic rings. The molecule has 2 rings (SSSR count). The summed E-state index contributed by atoms with van der Waals surface area (Å²) >= 11 is 7.09. The van der Waals surface area contributed by atoms with Crippen molar-refractivity contribution >= 4 is 37.7 Å². The smallest absolute Gasteiger partial charge is 0.143 e. The van der Waals surface area contributed by atoms with Gasteiger partial charge in [-0.3, -0.25) is 0 Å². The number of piperidine rings is 1. The number of hydrogen-bond acceptors (Lipinski definition) is 4. The van der Waals surface area contributed by atoms with Crippen LogP contribution in [0.5, 0.6) is 0 Å². The molecule has 0 bridgehead atoms. The van der Waals surface area contributed by atoms with Gasteiger partial charge in [0.1, 0.15) is 5.82 Å². The van der Waals surface area contributed by atoms with Gasteiger partial charge in [0, 0.05) is 43.5 Å². The van der Waals surface area contributed by atoms with Gasteiger partial charge in [0.25, 0.3) is 0 Å². The van der Waals surface area contributed by atoms with E-state index in [0.29, 0.717) is 6.04 Å². The van der Waals surface area contributed by atoms with Gasteiger partial charge in [0.2, 0.25) is 0 Å². The number of pyridine rings is 1. The molecule has 4 nitrogen and oxygen atoms in total. The molecule has 1 atom stereocenters. The van der Waals surface area contributed by atoms with E-state index in [4.69, 9.17) is 4.74 Å². The Morgan fingerprint density at radius 1 is 1.45 bits per heavy atom. The van der Waals surface area contributed by atoms with Gasteiger partial charge >= 0.3 is 0 Å². The predicted octanol–water partition coefficient (Wildman–Crippen LogP) is 3.20. The van der Waals surface area contributed by atoms with Crippen LogP contribution in [0.2, 0.25) is 0 Å². The van der Waals surface area contributed by atoms with E-state index in [1.807, 2.05) is 6.20 Å². The van der Waals surface area contributed by atoms with Crippen LogP contribution in [-0.4, -0.2) is 44.4 Å². The van der Waals surface area contributed by atoms with E-state index in [0.717, 1.165) is 41.0 Å². The normalized spacial score (nSPS) is 19.4. The lowest BCUT2D eigenvalue weighted by Crippen LogP contribution is -2.46. The molecule has 0 amide bonds. The molecular formula is C14H21Br2N3O. The van der Waals surface area contributed by atoms with Crippen LogP contribution in [-0.2, 0) is 4.74 Å².